The van der Waals surface area contributed by atoms with Gasteiger partial charge in [-0.1, -0.05) is 17.4 Å². The Labute approximate surface area is 111 Å². The maximum atomic E-state index is 10.6. The van der Waals surface area contributed by atoms with Gasteiger partial charge in [0, 0.05) is 24.4 Å². The van der Waals surface area contributed by atoms with Gasteiger partial charge in [-0.15, -0.1) is 0 Å². The molecule has 0 aliphatic rings. The first-order valence-corrected chi connectivity index (χ1v) is 5.90. The molecule has 0 bridgehead atoms. The minimum Gasteiger partial charge on any atom is -0.258 e. The van der Waals surface area contributed by atoms with Crippen molar-refractivity contribution in [2.45, 2.75) is 0 Å². The van der Waals surface area contributed by atoms with E-state index in [0.29, 0.717) is 10.6 Å². The summed E-state index contributed by atoms with van der Waals surface area (Å²) in [6.07, 6.45) is 1.44. The Kier molecular flexibility index (Phi) is 3.62. The highest BCUT2D eigenvalue weighted by atomic mass is 32.1. The molecule has 0 fully saturated rings. The van der Waals surface area contributed by atoms with Gasteiger partial charge < -0.3 is 0 Å². The molecular weight excluding hydrogens is 270 g/mol. The maximum Gasteiger partial charge on any atom is 0.324 e. The van der Waals surface area contributed by atoms with Gasteiger partial charge in [0.1, 0.15) is 0 Å². The third-order valence-corrected chi connectivity index (χ3v) is 3.15. The van der Waals surface area contributed by atoms with Gasteiger partial charge in [0.15, 0.2) is 0 Å². The average molecular weight is 277 g/mol. The van der Waals surface area contributed by atoms with Crippen LogP contribution in [-0.4, -0.2) is 16.1 Å². The van der Waals surface area contributed by atoms with Crippen molar-refractivity contribution < 1.29 is 9.85 Å². The van der Waals surface area contributed by atoms with Crippen molar-refractivity contribution in [1.29, 1.82) is 0 Å². The van der Waals surface area contributed by atoms with E-state index in [0.717, 1.165) is 11.3 Å². The number of aliphatic imine (C=N–C) groups is 1. The van der Waals surface area contributed by atoms with E-state index in [1.165, 1.54) is 30.5 Å². The molecule has 96 valence electrons. The Morgan fingerprint density at radius 3 is 2.53 bits per heavy atom. The molecule has 0 atom stereocenters. The lowest BCUT2D eigenvalue weighted by molar-refractivity contribution is -0.384. The summed E-state index contributed by atoms with van der Waals surface area (Å²) < 4.78 is 0. The summed E-state index contributed by atoms with van der Waals surface area (Å²) in [5.41, 5.74) is 0.372. The maximum absolute atomic E-state index is 10.6. The van der Waals surface area contributed by atoms with Crippen LogP contribution >= 0.6 is 11.3 Å². The van der Waals surface area contributed by atoms with Gasteiger partial charge in [0.05, 0.1) is 20.4 Å². The van der Waals surface area contributed by atoms with Crippen LogP contribution in [0.5, 0.6) is 0 Å². The summed E-state index contributed by atoms with van der Waals surface area (Å²) >= 11 is 0.988. The van der Waals surface area contributed by atoms with Crippen LogP contribution in [-0.2, 0) is 0 Å². The van der Waals surface area contributed by atoms with E-state index in [1.54, 1.807) is 12.1 Å². The van der Waals surface area contributed by atoms with Crippen molar-refractivity contribution in [3.8, 4) is 0 Å². The van der Waals surface area contributed by atoms with Crippen molar-refractivity contribution in [3.05, 3.63) is 61.5 Å². The molecule has 0 spiro atoms. The number of hydrogen-bond donors (Lipinski definition) is 0. The molecule has 8 heteroatoms. The molecule has 1 aromatic heterocycles. The monoisotopic (exact) mass is 277 g/mol. The zero-order valence-electron chi connectivity index (χ0n) is 9.42. The zero-order valence-corrected chi connectivity index (χ0v) is 10.2. The first-order valence-electron chi connectivity index (χ1n) is 5.09. The third-order valence-electron chi connectivity index (χ3n) is 2.17. The molecule has 2 rings (SSSR count). The van der Waals surface area contributed by atoms with Gasteiger partial charge >= 0.3 is 5.00 Å². The zero-order chi connectivity index (χ0) is 13.8. The van der Waals surface area contributed by atoms with Crippen LogP contribution in [0.4, 0.5) is 16.4 Å². The number of hydrogen-bond acceptors (Lipinski definition) is 6. The Morgan fingerprint density at radius 2 is 1.89 bits per heavy atom. The molecule has 1 heterocycles. The predicted molar refractivity (Wildman–Crippen MR) is 71.3 cm³/mol. The largest absolute Gasteiger partial charge is 0.324 e. The Hall–Kier alpha value is -2.61. The number of thiophene rings is 1. The lowest BCUT2D eigenvalue weighted by Crippen LogP contribution is -1.86. The summed E-state index contributed by atoms with van der Waals surface area (Å²) in [5.74, 6) is 0. The predicted octanol–water partition coefficient (Wildman–Crippen LogP) is 3.32. The highest BCUT2D eigenvalue weighted by molar-refractivity contribution is 7.16. The second-order valence-corrected chi connectivity index (χ2v) is 4.56. The highest BCUT2D eigenvalue weighted by Crippen LogP contribution is 2.24. The summed E-state index contributed by atoms with van der Waals surface area (Å²) in [5, 5.41) is 21.1. The fourth-order valence-corrected chi connectivity index (χ4v) is 2.03. The van der Waals surface area contributed by atoms with Crippen molar-refractivity contribution in [2.24, 2.45) is 4.99 Å². The fraction of sp³-hybridized carbons (Fsp3) is 0. The van der Waals surface area contributed by atoms with Crippen LogP contribution in [0.1, 0.15) is 4.88 Å². The number of rotatable bonds is 4. The molecule has 0 aliphatic carbocycles. The topological polar surface area (TPSA) is 98.6 Å². The van der Waals surface area contributed by atoms with Crippen LogP contribution in [0, 0.1) is 20.2 Å². The number of non-ortho nitro benzene ring substituents is 1. The van der Waals surface area contributed by atoms with E-state index >= 15 is 0 Å². The van der Waals surface area contributed by atoms with Gasteiger partial charge in [-0.05, 0) is 12.1 Å². The van der Waals surface area contributed by atoms with Crippen LogP contribution in [0.25, 0.3) is 0 Å². The van der Waals surface area contributed by atoms with Crippen LogP contribution in [0.3, 0.4) is 0 Å². The Bertz CT molecular complexity index is 665. The number of benzene rings is 1. The summed E-state index contributed by atoms with van der Waals surface area (Å²) in [4.78, 5) is 24.8. The van der Waals surface area contributed by atoms with E-state index < -0.39 is 9.85 Å². The minimum absolute atomic E-state index is 0.0282. The molecule has 0 saturated carbocycles. The van der Waals surface area contributed by atoms with Gasteiger partial charge in [-0.25, -0.2) is 0 Å². The fourth-order valence-electron chi connectivity index (χ4n) is 1.33. The van der Waals surface area contributed by atoms with Crippen LogP contribution in [0.15, 0.2) is 41.4 Å². The molecule has 0 saturated heterocycles. The van der Waals surface area contributed by atoms with Gasteiger partial charge in [-0.3, -0.25) is 25.2 Å². The quantitative estimate of drug-likeness (QED) is 0.486. The first kappa shape index (κ1) is 12.8. The molecule has 0 aliphatic heterocycles. The van der Waals surface area contributed by atoms with Crippen molar-refractivity contribution in [2.75, 3.05) is 0 Å². The first-order chi connectivity index (χ1) is 9.06. The Morgan fingerprint density at radius 1 is 1.11 bits per heavy atom. The molecular formula is C11H7N3O4S. The minimum atomic E-state index is -0.505. The van der Waals surface area contributed by atoms with E-state index in [9.17, 15) is 20.2 Å². The Balaban J connectivity index is 2.19. The summed E-state index contributed by atoms with van der Waals surface area (Å²) in [6, 6.07) is 8.81. The number of nitrogens with zero attached hydrogens (tertiary/aromatic N) is 3. The molecule has 0 radical (unpaired) electrons. The lowest BCUT2D eigenvalue weighted by Gasteiger charge is -1.93. The molecule has 2 aromatic rings. The van der Waals surface area contributed by atoms with Crippen molar-refractivity contribution >= 4 is 33.9 Å². The molecule has 0 amide bonds. The summed E-state index contributed by atoms with van der Waals surface area (Å²) in [6.45, 7) is 0. The van der Waals surface area contributed by atoms with Crippen molar-refractivity contribution in [3.63, 3.8) is 0 Å². The molecule has 0 N–H and O–H groups in total. The smallest absolute Gasteiger partial charge is 0.258 e. The van der Waals surface area contributed by atoms with E-state index in [-0.39, 0.29) is 10.7 Å². The number of nitro benzene ring substituents is 1. The van der Waals surface area contributed by atoms with Crippen LogP contribution in [0.2, 0.25) is 0 Å². The lowest BCUT2D eigenvalue weighted by atomic mass is 10.3. The van der Waals surface area contributed by atoms with E-state index in [4.69, 9.17) is 0 Å². The second kappa shape index (κ2) is 5.36. The highest BCUT2D eigenvalue weighted by Gasteiger charge is 2.08. The molecule has 1 aromatic carbocycles. The van der Waals surface area contributed by atoms with Gasteiger partial charge in [0.25, 0.3) is 5.69 Å². The third kappa shape index (κ3) is 3.19. The summed E-state index contributed by atoms with van der Waals surface area (Å²) in [7, 11) is 0. The van der Waals surface area contributed by atoms with Crippen molar-refractivity contribution in [1.82, 2.24) is 0 Å². The van der Waals surface area contributed by atoms with Crippen LogP contribution < -0.4 is 0 Å². The normalized spacial score (nSPS) is 10.7. The molecule has 19 heavy (non-hydrogen) atoms. The molecule has 0 unspecified atom stereocenters. The standard InChI is InChI=1S/C11H7N3O4S/c15-13(16)9-3-1-2-8(6-9)12-7-10-4-5-11(19-10)14(17)18/h1-7H. The van der Waals surface area contributed by atoms with E-state index in [1.807, 2.05) is 0 Å². The SMILES string of the molecule is O=[N+]([O-])c1cccc(N=Cc2ccc([N+](=O)[O-])s2)c1. The second-order valence-electron chi connectivity index (χ2n) is 3.47. The average Bonchev–Trinajstić information content (AvgIpc) is 2.85. The molecule has 7 nitrogen and oxygen atoms in total. The van der Waals surface area contributed by atoms with E-state index in [2.05, 4.69) is 4.99 Å². The number of nitro groups is 2. The van der Waals surface area contributed by atoms with Gasteiger partial charge in [-0.2, -0.15) is 0 Å². The van der Waals surface area contributed by atoms with Gasteiger partial charge in [0.2, 0.25) is 0 Å².